The van der Waals surface area contributed by atoms with E-state index >= 15 is 0 Å². The Morgan fingerprint density at radius 2 is 1.84 bits per heavy atom. The molecule has 0 atom stereocenters. The predicted octanol–water partition coefficient (Wildman–Crippen LogP) is 2.78. The molecule has 3 aromatic heterocycles. The molecule has 1 aliphatic heterocycles. The molecule has 1 amide bonds. The van der Waals surface area contributed by atoms with Crippen LogP contribution in [0.25, 0.3) is 17.3 Å². The van der Waals surface area contributed by atoms with Crippen molar-refractivity contribution in [3.05, 3.63) is 42.4 Å². The first-order valence-corrected chi connectivity index (χ1v) is 10.6. The van der Waals surface area contributed by atoms with E-state index in [-0.39, 0.29) is 11.3 Å². The molecule has 1 aliphatic rings. The molecule has 0 aliphatic carbocycles. The zero-order chi connectivity index (χ0) is 22.2. The molecule has 0 spiro atoms. The fourth-order valence-electron chi connectivity index (χ4n) is 3.47. The van der Waals surface area contributed by atoms with Crippen molar-refractivity contribution in [1.82, 2.24) is 34.5 Å². The summed E-state index contributed by atoms with van der Waals surface area (Å²) >= 11 is 0. The number of rotatable bonds is 4. The van der Waals surface area contributed by atoms with Gasteiger partial charge in [-0.15, -0.1) is 0 Å². The summed E-state index contributed by atoms with van der Waals surface area (Å²) < 4.78 is 7.12. The average Bonchev–Trinajstić information content (AvgIpc) is 3.43. The topological polar surface area (TPSA) is 93.2 Å². The lowest BCUT2D eigenvalue weighted by Crippen LogP contribution is -2.50. The maximum atomic E-state index is 12.8. The van der Waals surface area contributed by atoms with Gasteiger partial charge in [0.15, 0.2) is 5.82 Å². The maximum Gasteiger partial charge on any atom is 0.274 e. The van der Waals surface area contributed by atoms with Crippen LogP contribution in [0.15, 0.2) is 35.4 Å². The number of hydrogen-bond donors (Lipinski definition) is 0. The van der Waals surface area contributed by atoms with Crippen molar-refractivity contribution in [2.45, 2.75) is 46.1 Å². The van der Waals surface area contributed by atoms with Gasteiger partial charge in [0.25, 0.3) is 11.8 Å². The SMILES string of the molecule is CC(C)N1CCN(C(=O)c2cn(-c3ccc(-c4nc(C(C)(C)C)no4)cn3)cn2)CC1. The van der Waals surface area contributed by atoms with Gasteiger partial charge in [-0.2, -0.15) is 4.98 Å². The molecule has 0 radical (unpaired) electrons. The van der Waals surface area contributed by atoms with Gasteiger partial charge in [0.05, 0.1) is 5.56 Å². The Kier molecular flexibility index (Phi) is 5.62. The fourth-order valence-corrected chi connectivity index (χ4v) is 3.47. The van der Waals surface area contributed by atoms with E-state index < -0.39 is 0 Å². The summed E-state index contributed by atoms with van der Waals surface area (Å²) in [6.07, 6.45) is 5.02. The molecule has 0 bridgehead atoms. The lowest BCUT2D eigenvalue weighted by Gasteiger charge is -2.36. The van der Waals surface area contributed by atoms with E-state index in [0.717, 1.165) is 31.7 Å². The molecule has 0 unspecified atom stereocenters. The molecule has 9 heteroatoms. The van der Waals surface area contributed by atoms with Crippen LogP contribution in [0.5, 0.6) is 0 Å². The minimum atomic E-state index is -0.184. The van der Waals surface area contributed by atoms with Crippen LogP contribution in [0.4, 0.5) is 0 Å². The van der Waals surface area contributed by atoms with Gasteiger partial charge < -0.3 is 9.42 Å². The van der Waals surface area contributed by atoms with Crippen LogP contribution in [0.2, 0.25) is 0 Å². The molecule has 0 N–H and O–H groups in total. The van der Waals surface area contributed by atoms with Crippen LogP contribution in [-0.2, 0) is 5.41 Å². The lowest BCUT2D eigenvalue weighted by atomic mass is 9.96. The summed E-state index contributed by atoms with van der Waals surface area (Å²) in [6, 6.07) is 4.21. The van der Waals surface area contributed by atoms with Gasteiger partial charge in [0.2, 0.25) is 0 Å². The minimum Gasteiger partial charge on any atom is -0.335 e. The molecule has 4 heterocycles. The predicted molar refractivity (Wildman–Crippen MR) is 116 cm³/mol. The Bertz CT molecular complexity index is 1040. The second kappa shape index (κ2) is 8.22. The van der Waals surface area contributed by atoms with E-state index in [0.29, 0.717) is 29.3 Å². The third-order valence-electron chi connectivity index (χ3n) is 5.49. The number of imidazole rings is 1. The number of hydrogen-bond acceptors (Lipinski definition) is 7. The van der Waals surface area contributed by atoms with Crippen LogP contribution in [0, 0.1) is 0 Å². The van der Waals surface area contributed by atoms with Crippen molar-refractivity contribution in [3.63, 3.8) is 0 Å². The average molecular weight is 424 g/mol. The van der Waals surface area contributed by atoms with E-state index in [1.807, 2.05) is 37.8 Å². The third-order valence-corrected chi connectivity index (χ3v) is 5.49. The highest BCUT2D eigenvalue weighted by molar-refractivity contribution is 5.92. The van der Waals surface area contributed by atoms with Crippen LogP contribution >= 0.6 is 0 Å². The van der Waals surface area contributed by atoms with Gasteiger partial charge in [-0.3, -0.25) is 14.3 Å². The second-order valence-electron chi connectivity index (χ2n) is 9.17. The molecule has 164 valence electrons. The quantitative estimate of drug-likeness (QED) is 0.637. The largest absolute Gasteiger partial charge is 0.335 e. The Balaban J connectivity index is 1.44. The van der Waals surface area contributed by atoms with Gasteiger partial charge in [-0.1, -0.05) is 25.9 Å². The third kappa shape index (κ3) is 4.51. The zero-order valence-electron chi connectivity index (χ0n) is 18.7. The summed E-state index contributed by atoms with van der Waals surface area (Å²) in [5.41, 5.74) is 0.984. The first-order chi connectivity index (χ1) is 14.7. The van der Waals surface area contributed by atoms with E-state index in [4.69, 9.17) is 4.52 Å². The number of pyridine rings is 1. The van der Waals surface area contributed by atoms with Crippen molar-refractivity contribution in [1.29, 1.82) is 0 Å². The van der Waals surface area contributed by atoms with Gasteiger partial charge in [0, 0.05) is 50.0 Å². The highest BCUT2D eigenvalue weighted by Crippen LogP contribution is 2.23. The van der Waals surface area contributed by atoms with Crippen molar-refractivity contribution < 1.29 is 9.32 Å². The fraction of sp³-hybridized carbons (Fsp3) is 0.500. The molecule has 0 saturated carbocycles. The number of piperazine rings is 1. The molecule has 4 rings (SSSR count). The Labute approximate surface area is 182 Å². The van der Waals surface area contributed by atoms with Gasteiger partial charge >= 0.3 is 0 Å². The van der Waals surface area contributed by atoms with Crippen LogP contribution in [0.3, 0.4) is 0 Å². The van der Waals surface area contributed by atoms with Crippen molar-refractivity contribution in [2.24, 2.45) is 0 Å². The molecule has 0 aromatic carbocycles. The summed E-state index contributed by atoms with van der Waals surface area (Å²) in [5.74, 6) is 1.71. The van der Waals surface area contributed by atoms with Gasteiger partial charge in [-0.25, -0.2) is 9.97 Å². The second-order valence-corrected chi connectivity index (χ2v) is 9.17. The highest BCUT2D eigenvalue weighted by atomic mass is 16.5. The molecular weight excluding hydrogens is 394 g/mol. The zero-order valence-corrected chi connectivity index (χ0v) is 18.7. The maximum absolute atomic E-state index is 12.8. The van der Waals surface area contributed by atoms with E-state index in [1.165, 1.54) is 0 Å². The van der Waals surface area contributed by atoms with E-state index in [2.05, 4.69) is 38.9 Å². The first kappa shape index (κ1) is 21.2. The Morgan fingerprint density at radius 1 is 1.10 bits per heavy atom. The highest BCUT2D eigenvalue weighted by Gasteiger charge is 2.25. The number of carbonyl (C=O) groups excluding carboxylic acids is 1. The van der Waals surface area contributed by atoms with E-state index in [9.17, 15) is 4.79 Å². The standard InChI is InChI=1S/C22H29N7O2/c1-15(2)27-8-10-28(11-9-27)20(30)17-13-29(14-24-17)18-7-6-16(12-23-18)19-25-21(26-31-19)22(3,4)5/h6-7,12-15H,8-11H2,1-5H3. The number of carbonyl (C=O) groups is 1. The summed E-state index contributed by atoms with van der Waals surface area (Å²) in [4.78, 5) is 30.3. The molecule has 1 fully saturated rings. The summed E-state index contributed by atoms with van der Waals surface area (Å²) in [5, 5.41) is 4.05. The van der Waals surface area contributed by atoms with Crippen molar-refractivity contribution in [3.8, 4) is 17.3 Å². The minimum absolute atomic E-state index is 0.0423. The smallest absolute Gasteiger partial charge is 0.274 e. The summed E-state index contributed by atoms with van der Waals surface area (Å²) in [6.45, 7) is 13.7. The lowest BCUT2D eigenvalue weighted by molar-refractivity contribution is 0.0590. The van der Waals surface area contributed by atoms with Crippen molar-refractivity contribution >= 4 is 5.91 Å². The molecule has 9 nitrogen and oxygen atoms in total. The number of amides is 1. The molecular formula is C22H29N7O2. The molecule has 3 aromatic rings. The van der Waals surface area contributed by atoms with Crippen LogP contribution < -0.4 is 0 Å². The monoisotopic (exact) mass is 423 g/mol. The van der Waals surface area contributed by atoms with Gasteiger partial charge in [0.1, 0.15) is 17.8 Å². The number of aromatic nitrogens is 5. The van der Waals surface area contributed by atoms with E-state index in [1.54, 1.807) is 23.3 Å². The van der Waals surface area contributed by atoms with Crippen LogP contribution in [0.1, 0.15) is 50.9 Å². The van der Waals surface area contributed by atoms with Crippen LogP contribution in [-0.4, -0.2) is 72.6 Å². The Hall–Kier alpha value is -3.07. The number of nitrogens with zero attached hydrogens (tertiary/aromatic N) is 7. The van der Waals surface area contributed by atoms with Gasteiger partial charge in [-0.05, 0) is 26.0 Å². The molecule has 1 saturated heterocycles. The van der Waals surface area contributed by atoms with Crippen molar-refractivity contribution in [2.75, 3.05) is 26.2 Å². The Morgan fingerprint density at radius 3 is 2.42 bits per heavy atom. The molecule has 31 heavy (non-hydrogen) atoms. The summed E-state index contributed by atoms with van der Waals surface area (Å²) in [7, 11) is 0. The normalized spacial score (nSPS) is 15.6. The first-order valence-electron chi connectivity index (χ1n) is 10.6.